The second-order valence-corrected chi connectivity index (χ2v) is 5.56. The van der Waals surface area contributed by atoms with Crippen molar-refractivity contribution in [3.63, 3.8) is 0 Å². The van der Waals surface area contributed by atoms with E-state index in [9.17, 15) is 0 Å². The third-order valence-electron chi connectivity index (χ3n) is 3.09. The normalized spacial score (nSPS) is 11.1. The molecule has 0 unspecified atom stereocenters. The summed E-state index contributed by atoms with van der Waals surface area (Å²) in [7, 11) is 3.46. The second kappa shape index (κ2) is 6.89. The molecule has 3 nitrogen and oxygen atoms in total. The lowest BCUT2D eigenvalue weighted by Gasteiger charge is -2.05. The molecule has 0 bridgehead atoms. The van der Waals surface area contributed by atoms with Gasteiger partial charge in [0.1, 0.15) is 5.75 Å². The Balaban J connectivity index is 2.40. The minimum absolute atomic E-state index is 0.649. The molecular formula is C15H21NO2S. The average molecular weight is 279 g/mol. The molecule has 2 aromatic rings. The van der Waals surface area contributed by atoms with Gasteiger partial charge in [0.25, 0.3) is 0 Å². The molecule has 0 aliphatic carbocycles. The first-order chi connectivity index (χ1) is 9.31. The molecule has 0 fully saturated rings. The van der Waals surface area contributed by atoms with E-state index >= 15 is 0 Å². The summed E-state index contributed by atoms with van der Waals surface area (Å²) in [5.41, 5.74) is 1.28. The lowest BCUT2D eigenvalue weighted by atomic mass is 10.1. The molecular weight excluding hydrogens is 258 g/mol. The van der Waals surface area contributed by atoms with E-state index in [0.29, 0.717) is 6.61 Å². The quantitative estimate of drug-likeness (QED) is 0.786. The van der Waals surface area contributed by atoms with Crippen LogP contribution >= 0.6 is 11.3 Å². The summed E-state index contributed by atoms with van der Waals surface area (Å²) in [4.78, 5) is 1.34. The van der Waals surface area contributed by atoms with Gasteiger partial charge in [0.05, 0.1) is 18.4 Å². The first-order valence-corrected chi connectivity index (χ1v) is 7.40. The molecule has 1 N–H and O–H groups in total. The van der Waals surface area contributed by atoms with Crippen molar-refractivity contribution in [2.75, 3.05) is 20.8 Å². The Morgan fingerprint density at radius 2 is 2.11 bits per heavy atom. The Labute approximate surface area is 118 Å². The van der Waals surface area contributed by atoms with E-state index in [4.69, 9.17) is 9.47 Å². The van der Waals surface area contributed by atoms with Crippen LogP contribution in [0.3, 0.4) is 0 Å². The maximum absolute atomic E-state index is 5.45. The van der Waals surface area contributed by atoms with Crippen molar-refractivity contribution in [3.8, 4) is 5.75 Å². The maximum atomic E-state index is 5.45. The minimum atomic E-state index is 0.649. The van der Waals surface area contributed by atoms with Crippen LogP contribution in [0.15, 0.2) is 18.2 Å². The molecule has 4 heteroatoms. The van der Waals surface area contributed by atoms with Crippen LogP contribution in [-0.4, -0.2) is 20.8 Å². The summed E-state index contributed by atoms with van der Waals surface area (Å²) in [5, 5.41) is 4.71. The third-order valence-corrected chi connectivity index (χ3v) is 4.35. The summed E-state index contributed by atoms with van der Waals surface area (Å²) in [6, 6.07) is 6.20. The van der Waals surface area contributed by atoms with E-state index in [-0.39, 0.29) is 0 Å². The highest BCUT2D eigenvalue weighted by Crippen LogP contribution is 2.37. The highest BCUT2D eigenvalue weighted by Gasteiger charge is 2.14. The molecule has 0 aliphatic rings. The van der Waals surface area contributed by atoms with Crippen molar-refractivity contribution in [3.05, 3.63) is 28.6 Å². The summed E-state index contributed by atoms with van der Waals surface area (Å²) in [6.45, 7) is 4.76. The molecule has 0 aliphatic heterocycles. The largest absolute Gasteiger partial charge is 0.495 e. The van der Waals surface area contributed by atoms with Crippen LogP contribution < -0.4 is 10.1 Å². The molecule has 1 heterocycles. The van der Waals surface area contributed by atoms with E-state index in [0.717, 1.165) is 25.3 Å². The fraction of sp³-hybridized carbons (Fsp3) is 0.467. The van der Waals surface area contributed by atoms with Gasteiger partial charge in [-0.3, -0.25) is 0 Å². The molecule has 0 amide bonds. The van der Waals surface area contributed by atoms with Crippen LogP contribution in [0.25, 0.3) is 10.1 Å². The van der Waals surface area contributed by atoms with Crippen LogP contribution in [0.1, 0.15) is 23.8 Å². The number of benzene rings is 1. The van der Waals surface area contributed by atoms with Crippen molar-refractivity contribution in [2.45, 2.75) is 26.5 Å². The molecule has 0 saturated heterocycles. The monoisotopic (exact) mass is 279 g/mol. The molecule has 0 saturated carbocycles. The van der Waals surface area contributed by atoms with Gasteiger partial charge in [-0.1, -0.05) is 19.1 Å². The van der Waals surface area contributed by atoms with Gasteiger partial charge in [-0.25, -0.2) is 0 Å². The average Bonchev–Trinajstić information content (AvgIpc) is 2.78. The van der Waals surface area contributed by atoms with Crippen molar-refractivity contribution < 1.29 is 9.47 Å². The number of methoxy groups -OCH3 is 2. The lowest BCUT2D eigenvalue weighted by molar-refractivity contribution is 0.185. The zero-order valence-corrected chi connectivity index (χ0v) is 12.6. The number of hydrogen-bond donors (Lipinski definition) is 1. The summed E-state index contributed by atoms with van der Waals surface area (Å²) in [6.07, 6.45) is 1.15. The number of ether oxygens (including phenoxy) is 2. The molecule has 1 aromatic heterocycles. The number of fused-ring (bicyclic) bond motifs is 1. The highest BCUT2D eigenvalue weighted by molar-refractivity contribution is 7.19. The second-order valence-electron chi connectivity index (χ2n) is 4.45. The van der Waals surface area contributed by atoms with Crippen LogP contribution in [0, 0.1) is 0 Å². The lowest BCUT2D eigenvalue weighted by Crippen LogP contribution is -2.13. The molecule has 104 valence electrons. The maximum Gasteiger partial charge on any atom is 0.136 e. The van der Waals surface area contributed by atoms with Gasteiger partial charge >= 0.3 is 0 Å². The molecule has 0 spiro atoms. The van der Waals surface area contributed by atoms with E-state index in [1.54, 1.807) is 25.6 Å². The third kappa shape index (κ3) is 3.08. The van der Waals surface area contributed by atoms with Gasteiger partial charge in [0.2, 0.25) is 0 Å². The number of nitrogens with one attached hydrogen (secondary N) is 1. The van der Waals surface area contributed by atoms with E-state index in [1.807, 2.05) is 12.1 Å². The van der Waals surface area contributed by atoms with Crippen LogP contribution in [0.5, 0.6) is 5.75 Å². The number of thiophene rings is 1. The van der Waals surface area contributed by atoms with Gasteiger partial charge in [-0.05, 0) is 19.0 Å². The molecule has 0 radical (unpaired) electrons. The Morgan fingerprint density at radius 3 is 2.79 bits per heavy atom. The summed E-state index contributed by atoms with van der Waals surface area (Å²) in [5.74, 6) is 0.946. The Morgan fingerprint density at radius 1 is 1.26 bits per heavy atom. The first-order valence-electron chi connectivity index (χ1n) is 6.58. The minimum Gasteiger partial charge on any atom is -0.495 e. The van der Waals surface area contributed by atoms with Crippen molar-refractivity contribution in [1.29, 1.82) is 0 Å². The predicted octanol–water partition coefficient (Wildman–Crippen LogP) is 3.56. The SMILES string of the molecule is CCCNCc1sc2c(OC)cccc2c1COC. The summed E-state index contributed by atoms with van der Waals surface area (Å²) < 4.78 is 12.0. The fourth-order valence-electron chi connectivity index (χ4n) is 2.18. The number of hydrogen-bond acceptors (Lipinski definition) is 4. The van der Waals surface area contributed by atoms with Crippen LogP contribution in [0.4, 0.5) is 0 Å². The zero-order chi connectivity index (χ0) is 13.7. The van der Waals surface area contributed by atoms with E-state index in [2.05, 4.69) is 18.3 Å². The van der Waals surface area contributed by atoms with Crippen LogP contribution in [-0.2, 0) is 17.9 Å². The van der Waals surface area contributed by atoms with Crippen molar-refractivity contribution in [2.24, 2.45) is 0 Å². The van der Waals surface area contributed by atoms with Gasteiger partial charge < -0.3 is 14.8 Å². The van der Waals surface area contributed by atoms with Gasteiger partial charge in [0.15, 0.2) is 0 Å². The van der Waals surface area contributed by atoms with Crippen LogP contribution in [0.2, 0.25) is 0 Å². The Hall–Kier alpha value is -1.10. The molecule has 1 aromatic carbocycles. The topological polar surface area (TPSA) is 30.5 Å². The fourth-order valence-corrected chi connectivity index (χ4v) is 3.44. The Kier molecular flexibility index (Phi) is 5.19. The summed E-state index contributed by atoms with van der Waals surface area (Å²) >= 11 is 1.80. The van der Waals surface area contributed by atoms with Gasteiger partial charge in [0, 0.05) is 29.5 Å². The first kappa shape index (κ1) is 14.3. The van der Waals surface area contributed by atoms with E-state index in [1.165, 1.54) is 20.5 Å². The molecule has 0 atom stereocenters. The van der Waals surface area contributed by atoms with Gasteiger partial charge in [-0.15, -0.1) is 11.3 Å². The highest BCUT2D eigenvalue weighted by atomic mass is 32.1. The Bertz CT molecular complexity index is 536. The van der Waals surface area contributed by atoms with E-state index < -0.39 is 0 Å². The molecule has 19 heavy (non-hydrogen) atoms. The standard InChI is InChI=1S/C15H21NO2S/c1-4-8-16-9-14-12(10-17-2)11-6-5-7-13(18-3)15(11)19-14/h5-7,16H,4,8-10H2,1-3H3. The van der Waals surface area contributed by atoms with Crippen molar-refractivity contribution >= 4 is 21.4 Å². The smallest absolute Gasteiger partial charge is 0.136 e. The van der Waals surface area contributed by atoms with Gasteiger partial charge in [-0.2, -0.15) is 0 Å². The predicted molar refractivity (Wildman–Crippen MR) is 81.1 cm³/mol. The van der Waals surface area contributed by atoms with Crippen molar-refractivity contribution in [1.82, 2.24) is 5.32 Å². The molecule has 2 rings (SSSR count). The number of rotatable bonds is 7. The zero-order valence-electron chi connectivity index (χ0n) is 11.8.